The van der Waals surface area contributed by atoms with Crippen LogP contribution < -0.4 is 20.1 Å². The van der Waals surface area contributed by atoms with Crippen LogP contribution in [-0.4, -0.2) is 50.3 Å². The third-order valence-electron chi connectivity index (χ3n) is 5.54. The van der Waals surface area contributed by atoms with E-state index in [0.717, 1.165) is 67.6 Å². The minimum atomic E-state index is -0.185. The van der Waals surface area contributed by atoms with Crippen molar-refractivity contribution in [1.82, 2.24) is 15.5 Å². The van der Waals surface area contributed by atoms with Crippen molar-refractivity contribution in [2.24, 2.45) is 4.99 Å². The molecule has 8 heteroatoms. The van der Waals surface area contributed by atoms with E-state index in [9.17, 15) is 4.39 Å². The van der Waals surface area contributed by atoms with Crippen molar-refractivity contribution in [2.45, 2.75) is 45.8 Å². The van der Waals surface area contributed by atoms with Gasteiger partial charge in [0.1, 0.15) is 5.82 Å². The summed E-state index contributed by atoms with van der Waals surface area (Å²) in [6.07, 6.45) is 2.09. The fourth-order valence-electron chi connectivity index (χ4n) is 3.85. The zero-order chi connectivity index (χ0) is 22.8. The van der Waals surface area contributed by atoms with Crippen molar-refractivity contribution in [3.8, 4) is 11.5 Å². The Labute approximate surface area is 214 Å². The van der Waals surface area contributed by atoms with E-state index in [0.29, 0.717) is 19.2 Å². The lowest BCUT2D eigenvalue weighted by Crippen LogP contribution is -2.48. The van der Waals surface area contributed by atoms with E-state index >= 15 is 0 Å². The van der Waals surface area contributed by atoms with Crippen LogP contribution in [0.5, 0.6) is 11.5 Å². The molecule has 0 spiro atoms. The predicted molar refractivity (Wildman–Crippen MR) is 142 cm³/mol. The van der Waals surface area contributed by atoms with Crippen molar-refractivity contribution in [1.29, 1.82) is 0 Å². The zero-order valence-electron chi connectivity index (χ0n) is 19.8. The summed E-state index contributed by atoms with van der Waals surface area (Å²) in [7, 11) is 1.65. The topological polar surface area (TPSA) is 58.1 Å². The zero-order valence-corrected chi connectivity index (χ0v) is 22.1. The summed E-state index contributed by atoms with van der Waals surface area (Å²) in [5.74, 6) is 2.13. The number of nitrogens with zero attached hydrogens (tertiary/aromatic N) is 2. The monoisotopic (exact) mass is 570 g/mol. The highest BCUT2D eigenvalue weighted by atomic mass is 127. The van der Waals surface area contributed by atoms with Gasteiger partial charge in [0.2, 0.25) is 0 Å². The quantitative estimate of drug-likeness (QED) is 0.263. The molecule has 2 N–H and O–H groups in total. The first kappa shape index (κ1) is 27.2. The number of halogens is 2. The highest BCUT2D eigenvalue weighted by Crippen LogP contribution is 2.28. The van der Waals surface area contributed by atoms with Crippen LogP contribution in [0.25, 0.3) is 0 Å². The maximum Gasteiger partial charge on any atom is 0.191 e. The van der Waals surface area contributed by atoms with Gasteiger partial charge in [0.25, 0.3) is 0 Å². The Hall–Kier alpha value is -2.07. The number of ether oxygens (including phenoxy) is 2. The molecular formula is C25H36FIN4O2. The number of hydrogen-bond acceptors (Lipinski definition) is 4. The number of likely N-dealkylation sites (tertiary alicyclic amines) is 1. The van der Waals surface area contributed by atoms with Crippen molar-refractivity contribution in [2.75, 3.05) is 33.4 Å². The van der Waals surface area contributed by atoms with Gasteiger partial charge in [-0.05, 0) is 62.1 Å². The molecule has 33 heavy (non-hydrogen) atoms. The summed E-state index contributed by atoms with van der Waals surface area (Å²) in [4.78, 5) is 7.20. The number of methoxy groups -OCH3 is 1. The molecule has 0 bridgehead atoms. The van der Waals surface area contributed by atoms with E-state index in [1.165, 1.54) is 12.1 Å². The van der Waals surface area contributed by atoms with Crippen LogP contribution in [0.4, 0.5) is 4.39 Å². The number of hydrogen-bond donors (Lipinski definition) is 2. The van der Waals surface area contributed by atoms with Gasteiger partial charge >= 0.3 is 0 Å². The number of benzene rings is 2. The van der Waals surface area contributed by atoms with Gasteiger partial charge in [-0.3, -0.25) is 4.90 Å². The minimum Gasteiger partial charge on any atom is -0.493 e. The Morgan fingerprint density at radius 1 is 1.06 bits per heavy atom. The Morgan fingerprint density at radius 2 is 1.76 bits per heavy atom. The SMILES string of the molecule is CCNC(=NCc1ccc(OC)c(OCC)c1)NC1CCN(Cc2ccc(F)cc2)CC1.I. The predicted octanol–water partition coefficient (Wildman–Crippen LogP) is 4.57. The molecule has 0 atom stereocenters. The average Bonchev–Trinajstić information content (AvgIpc) is 2.81. The molecule has 2 aromatic rings. The summed E-state index contributed by atoms with van der Waals surface area (Å²) in [5, 5.41) is 6.94. The third-order valence-corrected chi connectivity index (χ3v) is 5.54. The van der Waals surface area contributed by atoms with Crippen LogP contribution in [0, 0.1) is 5.82 Å². The Balaban J connectivity index is 0.00000385. The molecule has 2 aromatic carbocycles. The van der Waals surface area contributed by atoms with Gasteiger partial charge in [-0.15, -0.1) is 24.0 Å². The average molecular weight is 570 g/mol. The lowest BCUT2D eigenvalue weighted by atomic mass is 10.0. The van der Waals surface area contributed by atoms with Crippen molar-refractivity contribution >= 4 is 29.9 Å². The normalized spacial score (nSPS) is 15.0. The van der Waals surface area contributed by atoms with Gasteiger partial charge < -0.3 is 20.1 Å². The maximum absolute atomic E-state index is 13.1. The van der Waals surface area contributed by atoms with Crippen LogP contribution in [-0.2, 0) is 13.1 Å². The van der Waals surface area contributed by atoms with Crippen molar-refractivity contribution < 1.29 is 13.9 Å². The lowest BCUT2D eigenvalue weighted by molar-refractivity contribution is 0.198. The highest BCUT2D eigenvalue weighted by molar-refractivity contribution is 14.0. The standard InChI is InChI=1S/C25H35FN4O2.HI/c1-4-27-25(28-17-20-8-11-23(31-3)24(16-20)32-5-2)29-22-12-14-30(15-13-22)18-19-6-9-21(26)10-7-19;/h6-11,16,22H,4-5,12-15,17-18H2,1-3H3,(H2,27,28,29);1H. The first-order chi connectivity index (χ1) is 15.6. The fraction of sp³-hybridized carbons (Fsp3) is 0.480. The number of aliphatic imine (C=N–C) groups is 1. The van der Waals surface area contributed by atoms with Crippen LogP contribution >= 0.6 is 24.0 Å². The van der Waals surface area contributed by atoms with Crippen molar-refractivity contribution in [3.63, 3.8) is 0 Å². The maximum atomic E-state index is 13.1. The molecule has 1 fully saturated rings. The van der Waals surface area contributed by atoms with E-state index < -0.39 is 0 Å². The summed E-state index contributed by atoms with van der Waals surface area (Å²) in [6, 6.07) is 13.1. The molecule has 1 aliphatic rings. The van der Waals surface area contributed by atoms with Crippen LogP contribution in [0.15, 0.2) is 47.5 Å². The van der Waals surface area contributed by atoms with Gasteiger partial charge in [-0.1, -0.05) is 18.2 Å². The molecule has 6 nitrogen and oxygen atoms in total. The third kappa shape index (κ3) is 8.66. The van der Waals surface area contributed by atoms with E-state index in [1.54, 1.807) is 7.11 Å². The van der Waals surface area contributed by atoms with Crippen LogP contribution in [0.3, 0.4) is 0 Å². The fourth-order valence-corrected chi connectivity index (χ4v) is 3.85. The van der Waals surface area contributed by atoms with Crippen molar-refractivity contribution in [3.05, 3.63) is 59.4 Å². The second kappa shape index (κ2) is 14.2. The van der Waals surface area contributed by atoms with Gasteiger partial charge in [0, 0.05) is 32.2 Å². The Morgan fingerprint density at radius 3 is 2.39 bits per heavy atom. The molecule has 1 heterocycles. The molecule has 0 radical (unpaired) electrons. The number of guanidine groups is 1. The molecule has 0 amide bonds. The Bertz CT molecular complexity index is 871. The molecule has 1 saturated heterocycles. The van der Waals surface area contributed by atoms with Gasteiger partial charge in [-0.2, -0.15) is 0 Å². The van der Waals surface area contributed by atoms with E-state index in [4.69, 9.17) is 14.5 Å². The molecule has 0 aromatic heterocycles. The first-order valence-electron chi connectivity index (χ1n) is 11.4. The van der Waals surface area contributed by atoms with Crippen LogP contribution in [0.1, 0.15) is 37.8 Å². The highest BCUT2D eigenvalue weighted by Gasteiger charge is 2.20. The summed E-state index contributed by atoms with van der Waals surface area (Å²) >= 11 is 0. The molecule has 3 rings (SSSR count). The van der Waals surface area contributed by atoms with Crippen LogP contribution in [0.2, 0.25) is 0 Å². The molecule has 0 aliphatic carbocycles. The van der Waals surface area contributed by atoms with Gasteiger partial charge in [0.05, 0.1) is 20.3 Å². The van der Waals surface area contributed by atoms with E-state index in [-0.39, 0.29) is 29.8 Å². The molecule has 0 unspecified atom stereocenters. The largest absolute Gasteiger partial charge is 0.493 e. The number of piperidine rings is 1. The molecule has 0 saturated carbocycles. The summed E-state index contributed by atoms with van der Waals surface area (Å²) in [6.45, 7) is 8.86. The number of rotatable bonds is 9. The summed E-state index contributed by atoms with van der Waals surface area (Å²) in [5.41, 5.74) is 2.22. The number of nitrogens with one attached hydrogen (secondary N) is 2. The van der Waals surface area contributed by atoms with E-state index in [2.05, 4.69) is 22.5 Å². The second-order valence-electron chi connectivity index (χ2n) is 7.93. The molecular weight excluding hydrogens is 534 g/mol. The smallest absolute Gasteiger partial charge is 0.191 e. The first-order valence-corrected chi connectivity index (χ1v) is 11.4. The summed E-state index contributed by atoms with van der Waals surface area (Å²) < 4.78 is 24.1. The van der Waals surface area contributed by atoms with Gasteiger partial charge in [-0.25, -0.2) is 9.38 Å². The molecule has 182 valence electrons. The Kier molecular flexibility index (Phi) is 11.7. The van der Waals surface area contributed by atoms with Gasteiger partial charge in [0.15, 0.2) is 17.5 Å². The molecule has 1 aliphatic heterocycles. The lowest BCUT2D eigenvalue weighted by Gasteiger charge is -2.33. The van der Waals surface area contributed by atoms with E-state index in [1.807, 2.05) is 37.3 Å². The minimum absolute atomic E-state index is 0. The second-order valence-corrected chi connectivity index (χ2v) is 7.93.